The van der Waals surface area contributed by atoms with Crippen LogP contribution in [0.3, 0.4) is 0 Å². The van der Waals surface area contributed by atoms with Gasteiger partial charge >= 0.3 is 12.5 Å². The van der Waals surface area contributed by atoms with Gasteiger partial charge in [-0.3, -0.25) is 0 Å². The highest BCUT2D eigenvalue weighted by Gasteiger charge is 2.36. The third-order valence-corrected chi connectivity index (χ3v) is 7.12. The maximum atomic E-state index is 13.5. The Labute approximate surface area is 253 Å². The molecule has 1 atom stereocenters. The number of benzene rings is 4. The van der Waals surface area contributed by atoms with Gasteiger partial charge in [0, 0.05) is 24.8 Å². The van der Waals surface area contributed by atoms with Crippen molar-refractivity contribution in [2.45, 2.75) is 71.3 Å². The zero-order chi connectivity index (χ0) is 32.8. The Bertz CT molecular complexity index is 1440. The molecule has 236 valence electrons. The van der Waals surface area contributed by atoms with Crippen LogP contribution in [0.4, 0.5) is 30.7 Å². The molecule has 9 heteroatoms. The summed E-state index contributed by atoms with van der Waals surface area (Å²) in [7, 11) is 0. The third-order valence-electron chi connectivity index (χ3n) is 7.12. The monoisotopic (exact) mass is 620 g/mol. The zero-order valence-corrected chi connectivity index (χ0v) is 25.1. The van der Waals surface area contributed by atoms with Gasteiger partial charge in [-0.2, -0.15) is 8.78 Å². The summed E-state index contributed by atoms with van der Waals surface area (Å²) in [6.45, 7) is 6.99. The summed E-state index contributed by atoms with van der Waals surface area (Å²) in [5, 5.41) is 0. The second-order valence-electron chi connectivity index (χ2n) is 10.8. The van der Waals surface area contributed by atoms with Gasteiger partial charge in [0.25, 0.3) is 5.92 Å². The lowest BCUT2D eigenvalue weighted by Crippen LogP contribution is -2.30. The Hall–Kier alpha value is -4.01. The average Bonchev–Trinajstić information content (AvgIpc) is 2.92. The molecule has 0 saturated heterocycles. The van der Waals surface area contributed by atoms with Crippen molar-refractivity contribution in [1.82, 2.24) is 0 Å². The predicted octanol–water partition coefficient (Wildman–Crippen LogP) is 10.9. The predicted molar refractivity (Wildman–Crippen MR) is 158 cm³/mol. The number of ether oxygens (including phenoxy) is 2. The number of rotatable bonds is 9. The molecule has 0 N–H and O–H groups in total. The summed E-state index contributed by atoms with van der Waals surface area (Å²) in [6.07, 6.45) is -7.27. The van der Waals surface area contributed by atoms with Crippen molar-refractivity contribution in [3.05, 3.63) is 130 Å². The van der Waals surface area contributed by atoms with Gasteiger partial charge < -0.3 is 9.47 Å². The first-order valence-corrected chi connectivity index (χ1v) is 13.9. The molecule has 0 bridgehead atoms. The van der Waals surface area contributed by atoms with E-state index < -0.39 is 23.8 Å². The molecule has 0 saturated carbocycles. The Morgan fingerprint density at radius 1 is 0.614 bits per heavy atom. The van der Waals surface area contributed by atoms with Gasteiger partial charge in [0.2, 0.25) is 0 Å². The Kier molecular flexibility index (Phi) is 10.8. The van der Waals surface area contributed by atoms with Crippen LogP contribution in [0.25, 0.3) is 0 Å². The smallest absolute Gasteiger partial charge is 0.433 e. The summed E-state index contributed by atoms with van der Waals surface area (Å²) < 4.78 is 100. The normalized spacial score (nSPS) is 13.4. The Morgan fingerprint density at radius 3 is 1.61 bits per heavy atom. The van der Waals surface area contributed by atoms with Crippen molar-refractivity contribution in [1.29, 1.82) is 0 Å². The van der Waals surface area contributed by atoms with Crippen molar-refractivity contribution < 1.29 is 40.2 Å². The van der Waals surface area contributed by atoms with Crippen LogP contribution in [-0.2, 0) is 17.8 Å². The van der Waals surface area contributed by atoms with E-state index in [1.807, 2.05) is 50.2 Å². The van der Waals surface area contributed by atoms with Gasteiger partial charge in [-0.1, -0.05) is 79.2 Å². The van der Waals surface area contributed by atoms with E-state index in [9.17, 15) is 30.7 Å². The van der Waals surface area contributed by atoms with Gasteiger partial charge in [0.1, 0.15) is 11.5 Å². The fraction of sp³-hybridized carbons (Fsp3) is 0.314. The van der Waals surface area contributed by atoms with Crippen molar-refractivity contribution in [2.24, 2.45) is 0 Å². The van der Waals surface area contributed by atoms with Crippen LogP contribution in [-0.4, -0.2) is 12.5 Å². The van der Waals surface area contributed by atoms with Crippen LogP contribution in [0.2, 0.25) is 0 Å². The lowest BCUT2D eigenvalue weighted by molar-refractivity contribution is -0.274. The van der Waals surface area contributed by atoms with E-state index in [1.165, 1.54) is 36.4 Å². The number of halogens is 7. The number of alkyl halides is 7. The standard InChI is InChI=1S/C25H23F5O2.C10H12F2/c1-3-24(17-18-9-5-4-6-10-18,19-11-7-13-21(15-19)31-23(2,26)27)20-12-8-14-22(16-20)32-25(28,29)30;1-7-4-5-8(2)9(6-7)10(3,11)12/h4-16H,3,17H2,1-2H3;4-6H,1-3H3. The molecule has 2 nitrogen and oxygen atoms in total. The van der Waals surface area contributed by atoms with E-state index in [1.54, 1.807) is 31.2 Å². The summed E-state index contributed by atoms with van der Waals surface area (Å²) in [4.78, 5) is 0. The molecular weight excluding hydrogens is 585 g/mol. The maximum absolute atomic E-state index is 13.5. The van der Waals surface area contributed by atoms with Gasteiger partial charge in [-0.15, -0.1) is 13.2 Å². The second-order valence-corrected chi connectivity index (χ2v) is 10.8. The SMILES string of the molecule is CCC(Cc1ccccc1)(c1cccc(OC(C)(F)F)c1)c1cccc(OC(F)(F)F)c1.Cc1ccc(C)c(C(C)(F)F)c1. The molecule has 0 spiro atoms. The van der Waals surface area contributed by atoms with Crippen LogP contribution in [0, 0.1) is 13.8 Å². The minimum atomic E-state index is -4.83. The topological polar surface area (TPSA) is 18.5 Å². The van der Waals surface area contributed by atoms with Gasteiger partial charge in [-0.05, 0) is 79.3 Å². The molecule has 4 aromatic rings. The molecule has 4 rings (SSSR count). The summed E-state index contributed by atoms with van der Waals surface area (Å²) >= 11 is 0. The zero-order valence-electron chi connectivity index (χ0n) is 25.1. The molecule has 0 aliphatic heterocycles. The van der Waals surface area contributed by atoms with Gasteiger partial charge in [0.05, 0.1) is 0 Å². The Morgan fingerprint density at radius 2 is 1.16 bits per heavy atom. The minimum absolute atomic E-state index is 0.0245. The highest BCUT2D eigenvalue weighted by Crippen LogP contribution is 2.42. The van der Waals surface area contributed by atoms with Crippen molar-refractivity contribution in [2.75, 3.05) is 0 Å². The van der Waals surface area contributed by atoms with Crippen LogP contribution < -0.4 is 9.47 Å². The molecular formula is C35H35F7O2. The van der Waals surface area contributed by atoms with Gasteiger partial charge in [-0.25, -0.2) is 8.78 Å². The molecule has 0 amide bonds. The van der Waals surface area contributed by atoms with Crippen molar-refractivity contribution >= 4 is 0 Å². The van der Waals surface area contributed by atoms with Crippen LogP contribution in [0.5, 0.6) is 11.5 Å². The number of aryl methyl sites for hydroxylation is 2. The fourth-order valence-corrected chi connectivity index (χ4v) is 5.11. The second kappa shape index (κ2) is 13.7. The van der Waals surface area contributed by atoms with E-state index in [-0.39, 0.29) is 17.1 Å². The molecule has 0 heterocycles. The largest absolute Gasteiger partial charge is 0.573 e. The van der Waals surface area contributed by atoms with E-state index in [0.717, 1.165) is 18.1 Å². The summed E-state index contributed by atoms with van der Waals surface area (Å²) in [6, 6.07) is 26.6. The van der Waals surface area contributed by atoms with Gasteiger partial charge in [0.15, 0.2) is 0 Å². The summed E-state index contributed by atoms with van der Waals surface area (Å²) in [5.41, 5.74) is 3.01. The van der Waals surface area contributed by atoms with Crippen LogP contribution >= 0.6 is 0 Å². The number of hydrogen-bond acceptors (Lipinski definition) is 2. The molecule has 0 aromatic heterocycles. The maximum Gasteiger partial charge on any atom is 0.573 e. The molecule has 0 fully saturated rings. The molecule has 0 aliphatic rings. The molecule has 1 unspecified atom stereocenters. The molecule has 0 aliphatic carbocycles. The van der Waals surface area contributed by atoms with E-state index >= 15 is 0 Å². The highest BCUT2D eigenvalue weighted by molar-refractivity contribution is 5.46. The van der Waals surface area contributed by atoms with Crippen molar-refractivity contribution in [3.8, 4) is 11.5 Å². The lowest BCUT2D eigenvalue weighted by atomic mass is 9.68. The van der Waals surface area contributed by atoms with Crippen LogP contribution in [0.15, 0.2) is 97.1 Å². The van der Waals surface area contributed by atoms with Crippen LogP contribution in [0.1, 0.15) is 60.6 Å². The quantitative estimate of drug-likeness (QED) is 0.173. The minimum Gasteiger partial charge on any atom is -0.433 e. The first-order valence-electron chi connectivity index (χ1n) is 13.9. The number of hydrogen-bond donors (Lipinski definition) is 0. The first-order chi connectivity index (χ1) is 20.4. The van der Waals surface area contributed by atoms with Crippen molar-refractivity contribution in [3.63, 3.8) is 0 Å². The first kappa shape index (κ1) is 34.5. The molecule has 4 aromatic carbocycles. The molecule has 0 radical (unpaired) electrons. The third kappa shape index (κ3) is 9.76. The average molecular weight is 621 g/mol. The summed E-state index contributed by atoms with van der Waals surface area (Å²) in [5.74, 6) is -3.09. The van der Waals surface area contributed by atoms with E-state index in [4.69, 9.17) is 4.74 Å². The highest BCUT2D eigenvalue weighted by atomic mass is 19.4. The Balaban J connectivity index is 0.000000369. The fourth-order valence-electron chi connectivity index (χ4n) is 5.11. The van der Waals surface area contributed by atoms with E-state index in [0.29, 0.717) is 36.5 Å². The van der Waals surface area contributed by atoms with E-state index in [2.05, 4.69) is 4.74 Å². The lowest BCUT2D eigenvalue weighted by Gasteiger charge is -2.35. The molecule has 44 heavy (non-hydrogen) atoms.